The zero-order valence-electron chi connectivity index (χ0n) is 6.45. The molecule has 2 N–H and O–H groups in total. The van der Waals surface area contributed by atoms with E-state index in [0.717, 1.165) is 6.54 Å². The van der Waals surface area contributed by atoms with Gasteiger partial charge in [-0.15, -0.1) is 11.3 Å². The van der Waals surface area contributed by atoms with Crippen LogP contribution in [0.2, 0.25) is 0 Å². The average Bonchev–Trinajstić information content (AvgIpc) is 2.52. The highest BCUT2D eigenvalue weighted by molar-refractivity contribution is 7.09. The lowest BCUT2D eigenvalue weighted by molar-refractivity contribution is 0.251. The molecule has 11 heavy (non-hydrogen) atoms. The molecule has 3 nitrogen and oxygen atoms in total. The molecule has 1 aromatic heterocycles. The van der Waals surface area contributed by atoms with Crippen molar-refractivity contribution in [1.29, 1.82) is 0 Å². The Morgan fingerprint density at radius 3 is 3.18 bits per heavy atom. The maximum Gasteiger partial charge on any atom is 0.0794 e. The van der Waals surface area contributed by atoms with Crippen LogP contribution in [-0.2, 0) is 6.54 Å². The Hall–Kier alpha value is -0.450. The van der Waals surface area contributed by atoms with E-state index in [-0.39, 0.29) is 12.6 Å². The van der Waals surface area contributed by atoms with Gasteiger partial charge in [-0.3, -0.25) is 4.98 Å². The molecule has 4 heteroatoms. The summed E-state index contributed by atoms with van der Waals surface area (Å²) in [5, 5.41) is 11.8. The summed E-state index contributed by atoms with van der Waals surface area (Å²) in [5.74, 6) is 0. The second kappa shape index (κ2) is 4.43. The number of hydrogen-bond acceptors (Lipinski definition) is 4. The molecule has 0 aromatic carbocycles. The number of aliphatic hydroxyl groups excluding tert-OH is 1. The van der Waals surface area contributed by atoms with E-state index in [4.69, 9.17) is 5.11 Å². The van der Waals surface area contributed by atoms with Crippen molar-refractivity contribution in [3.8, 4) is 0 Å². The van der Waals surface area contributed by atoms with Crippen LogP contribution in [0.1, 0.15) is 11.8 Å². The summed E-state index contributed by atoms with van der Waals surface area (Å²) < 4.78 is 0. The normalized spacial score (nSPS) is 13.3. The number of rotatable bonds is 4. The van der Waals surface area contributed by atoms with Crippen molar-refractivity contribution in [3.63, 3.8) is 0 Å². The van der Waals surface area contributed by atoms with Crippen LogP contribution in [0.5, 0.6) is 0 Å². The predicted molar refractivity (Wildman–Crippen MR) is 45.5 cm³/mol. The molecule has 0 saturated carbocycles. The third kappa shape index (κ3) is 2.96. The molecule has 0 amide bonds. The van der Waals surface area contributed by atoms with Gasteiger partial charge in [0.15, 0.2) is 0 Å². The van der Waals surface area contributed by atoms with E-state index >= 15 is 0 Å². The SMILES string of the molecule is CC(CO)NCc1cncs1. The number of aromatic nitrogens is 1. The van der Waals surface area contributed by atoms with Crippen molar-refractivity contribution < 1.29 is 5.11 Å². The van der Waals surface area contributed by atoms with Crippen LogP contribution < -0.4 is 5.32 Å². The van der Waals surface area contributed by atoms with Crippen molar-refractivity contribution in [1.82, 2.24) is 10.3 Å². The summed E-state index contributed by atoms with van der Waals surface area (Å²) in [4.78, 5) is 5.14. The van der Waals surface area contributed by atoms with Gasteiger partial charge in [0.1, 0.15) is 0 Å². The maximum atomic E-state index is 8.69. The second-order valence-corrected chi connectivity index (χ2v) is 3.40. The lowest BCUT2D eigenvalue weighted by atomic mass is 10.3. The van der Waals surface area contributed by atoms with E-state index in [1.54, 1.807) is 16.8 Å². The summed E-state index contributed by atoms with van der Waals surface area (Å²) in [7, 11) is 0. The van der Waals surface area contributed by atoms with Crippen molar-refractivity contribution in [2.75, 3.05) is 6.61 Å². The minimum atomic E-state index is 0.164. The van der Waals surface area contributed by atoms with Crippen LogP contribution >= 0.6 is 11.3 Å². The second-order valence-electron chi connectivity index (χ2n) is 2.43. The Labute approximate surface area is 70.1 Å². The molecule has 1 aromatic rings. The van der Waals surface area contributed by atoms with Crippen LogP contribution in [0.25, 0.3) is 0 Å². The van der Waals surface area contributed by atoms with Crippen molar-refractivity contribution in [3.05, 3.63) is 16.6 Å². The molecule has 0 aliphatic heterocycles. The number of thiazole rings is 1. The standard InChI is InChI=1S/C7H12N2OS/c1-6(4-10)9-3-7-2-8-5-11-7/h2,5-6,9-10H,3-4H2,1H3. The fraction of sp³-hybridized carbons (Fsp3) is 0.571. The maximum absolute atomic E-state index is 8.69. The highest BCUT2D eigenvalue weighted by Crippen LogP contribution is 2.04. The molecule has 0 aliphatic carbocycles. The number of nitrogens with one attached hydrogen (secondary N) is 1. The first kappa shape index (κ1) is 8.64. The Kier molecular flexibility index (Phi) is 3.48. The first-order valence-corrected chi connectivity index (χ1v) is 4.42. The van der Waals surface area contributed by atoms with E-state index in [2.05, 4.69) is 10.3 Å². The third-order valence-electron chi connectivity index (χ3n) is 1.38. The molecule has 0 aliphatic rings. The van der Waals surface area contributed by atoms with Gasteiger partial charge < -0.3 is 10.4 Å². The molecular formula is C7H12N2OS. The Morgan fingerprint density at radius 2 is 2.64 bits per heavy atom. The smallest absolute Gasteiger partial charge is 0.0794 e. The zero-order chi connectivity index (χ0) is 8.10. The summed E-state index contributed by atoms with van der Waals surface area (Å²) >= 11 is 1.62. The predicted octanol–water partition coefficient (Wildman–Crippen LogP) is 0.613. The Bertz CT molecular complexity index is 188. The van der Waals surface area contributed by atoms with E-state index in [0.29, 0.717) is 0 Å². The number of nitrogens with zero attached hydrogens (tertiary/aromatic N) is 1. The topological polar surface area (TPSA) is 45.1 Å². The highest BCUT2D eigenvalue weighted by atomic mass is 32.1. The molecule has 1 unspecified atom stereocenters. The average molecular weight is 172 g/mol. The van der Waals surface area contributed by atoms with E-state index in [9.17, 15) is 0 Å². The van der Waals surface area contributed by atoms with Gasteiger partial charge in [-0.2, -0.15) is 0 Å². The summed E-state index contributed by atoms with van der Waals surface area (Å²) in [6.45, 7) is 2.92. The lowest BCUT2D eigenvalue weighted by Crippen LogP contribution is -2.28. The van der Waals surface area contributed by atoms with Gasteiger partial charge in [0.05, 0.1) is 12.1 Å². The molecule has 0 spiro atoms. The largest absolute Gasteiger partial charge is 0.395 e. The fourth-order valence-corrected chi connectivity index (χ4v) is 1.21. The monoisotopic (exact) mass is 172 g/mol. The lowest BCUT2D eigenvalue weighted by Gasteiger charge is -2.07. The molecule has 62 valence electrons. The number of hydrogen-bond donors (Lipinski definition) is 2. The first-order chi connectivity index (χ1) is 5.33. The molecule has 0 saturated heterocycles. The molecule has 0 bridgehead atoms. The summed E-state index contributed by atoms with van der Waals surface area (Å²) in [6.07, 6.45) is 1.84. The van der Waals surface area contributed by atoms with Gasteiger partial charge >= 0.3 is 0 Å². The summed E-state index contributed by atoms with van der Waals surface area (Å²) in [5.41, 5.74) is 1.81. The Morgan fingerprint density at radius 1 is 1.82 bits per heavy atom. The van der Waals surface area contributed by atoms with Crippen LogP contribution in [0.15, 0.2) is 11.7 Å². The van der Waals surface area contributed by atoms with Crippen LogP contribution in [0, 0.1) is 0 Å². The molecule has 1 rings (SSSR count). The van der Waals surface area contributed by atoms with Gasteiger partial charge in [0.25, 0.3) is 0 Å². The molecule has 1 heterocycles. The molecule has 0 fully saturated rings. The van der Waals surface area contributed by atoms with Gasteiger partial charge in [-0.05, 0) is 6.92 Å². The molecule has 0 radical (unpaired) electrons. The molecular weight excluding hydrogens is 160 g/mol. The van der Waals surface area contributed by atoms with E-state index < -0.39 is 0 Å². The first-order valence-electron chi connectivity index (χ1n) is 3.54. The Balaban J connectivity index is 2.23. The van der Waals surface area contributed by atoms with Gasteiger partial charge in [-0.25, -0.2) is 0 Å². The summed E-state index contributed by atoms with van der Waals surface area (Å²) in [6, 6.07) is 0.164. The highest BCUT2D eigenvalue weighted by Gasteiger charge is 1.98. The van der Waals surface area contributed by atoms with Crippen LogP contribution in [0.3, 0.4) is 0 Å². The van der Waals surface area contributed by atoms with Crippen molar-refractivity contribution in [2.45, 2.75) is 19.5 Å². The van der Waals surface area contributed by atoms with E-state index in [1.807, 2.05) is 13.1 Å². The molecule has 1 atom stereocenters. The van der Waals surface area contributed by atoms with Gasteiger partial charge in [0, 0.05) is 23.7 Å². The third-order valence-corrected chi connectivity index (χ3v) is 2.16. The van der Waals surface area contributed by atoms with Gasteiger partial charge in [-0.1, -0.05) is 0 Å². The zero-order valence-corrected chi connectivity index (χ0v) is 7.27. The van der Waals surface area contributed by atoms with Crippen molar-refractivity contribution in [2.24, 2.45) is 0 Å². The van der Waals surface area contributed by atoms with Crippen LogP contribution in [0.4, 0.5) is 0 Å². The fourth-order valence-electron chi connectivity index (χ4n) is 0.669. The minimum Gasteiger partial charge on any atom is -0.395 e. The minimum absolute atomic E-state index is 0.164. The van der Waals surface area contributed by atoms with E-state index in [1.165, 1.54) is 4.88 Å². The van der Waals surface area contributed by atoms with Gasteiger partial charge in [0.2, 0.25) is 0 Å². The quantitative estimate of drug-likeness (QED) is 0.699. The van der Waals surface area contributed by atoms with Crippen LogP contribution in [-0.4, -0.2) is 22.7 Å². The van der Waals surface area contributed by atoms with Crippen molar-refractivity contribution >= 4 is 11.3 Å². The number of aliphatic hydroxyl groups is 1.